The predicted octanol–water partition coefficient (Wildman–Crippen LogP) is 7.50. The fraction of sp³-hybridized carbons (Fsp3) is 0. The maximum atomic E-state index is 5.84. The molecule has 0 aliphatic heterocycles. The normalized spacial score (nSPS) is 11.8. The lowest BCUT2D eigenvalue weighted by Crippen LogP contribution is -1.89. The Kier molecular flexibility index (Phi) is 5.19. The van der Waals surface area contributed by atoms with Gasteiger partial charge in [-0.15, -0.1) is 0 Å². The molecule has 0 fully saturated rings. The lowest BCUT2D eigenvalue weighted by Gasteiger charge is -2.13. The van der Waals surface area contributed by atoms with E-state index in [0.717, 1.165) is 22.5 Å². The number of rotatable bonds is 4. The molecule has 0 atom stereocenters. The molecule has 0 aromatic heterocycles. The minimum Gasteiger partial charge on any atom is -0.399 e. The van der Waals surface area contributed by atoms with E-state index >= 15 is 0 Å². The maximum Gasteiger partial charge on any atom is 0.0314 e. The van der Waals surface area contributed by atoms with Crippen LogP contribution in [0.5, 0.6) is 0 Å². The molecule has 5 aromatic rings. The first-order valence-corrected chi connectivity index (χ1v) is 10.7. The first kappa shape index (κ1) is 19.7. The van der Waals surface area contributed by atoms with Crippen LogP contribution in [0.2, 0.25) is 0 Å². The van der Waals surface area contributed by atoms with E-state index < -0.39 is 0 Å². The summed E-state index contributed by atoms with van der Waals surface area (Å²) in [7, 11) is 0. The zero-order valence-corrected chi connectivity index (χ0v) is 17.7. The SMILES string of the molecule is Nc1ccc(C=Cc2c3ccccc3c(C=Cc3ccc(N)cc3)c3ccccc23)cc1. The van der Waals surface area contributed by atoms with Crippen molar-refractivity contribution in [1.29, 1.82) is 0 Å². The zero-order valence-electron chi connectivity index (χ0n) is 17.7. The molecule has 0 unspecified atom stereocenters. The molecule has 0 saturated carbocycles. The van der Waals surface area contributed by atoms with E-state index in [1.165, 1.54) is 32.7 Å². The third-order valence-corrected chi connectivity index (χ3v) is 5.77. The highest BCUT2D eigenvalue weighted by Gasteiger charge is 2.10. The molecule has 0 spiro atoms. The number of nitrogen functional groups attached to an aromatic ring is 2. The minimum atomic E-state index is 0.773. The Hall–Kier alpha value is -4.30. The molecule has 5 rings (SSSR count). The van der Waals surface area contributed by atoms with Gasteiger partial charge in [0.1, 0.15) is 0 Å². The fourth-order valence-corrected chi connectivity index (χ4v) is 4.13. The van der Waals surface area contributed by atoms with E-state index in [4.69, 9.17) is 11.5 Å². The van der Waals surface area contributed by atoms with E-state index in [-0.39, 0.29) is 0 Å². The van der Waals surface area contributed by atoms with Crippen molar-refractivity contribution in [2.45, 2.75) is 0 Å². The van der Waals surface area contributed by atoms with E-state index in [1.54, 1.807) is 0 Å². The Morgan fingerprint density at radius 2 is 0.688 bits per heavy atom. The molecule has 0 saturated heterocycles. The largest absolute Gasteiger partial charge is 0.399 e. The molecular weight excluding hydrogens is 388 g/mol. The molecular formula is C30H24N2. The average molecular weight is 413 g/mol. The van der Waals surface area contributed by atoms with Crippen LogP contribution in [0, 0.1) is 0 Å². The van der Waals surface area contributed by atoms with Gasteiger partial charge in [0.15, 0.2) is 0 Å². The Balaban J connectivity index is 1.70. The molecule has 0 aliphatic carbocycles. The van der Waals surface area contributed by atoms with Crippen LogP contribution < -0.4 is 11.5 Å². The Morgan fingerprint density at radius 3 is 1.00 bits per heavy atom. The zero-order chi connectivity index (χ0) is 21.9. The van der Waals surface area contributed by atoms with Gasteiger partial charge in [-0.25, -0.2) is 0 Å². The third-order valence-electron chi connectivity index (χ3n) is 5.77. The van der Waals surface area contributed by atoms with Crippen molar-refractivity contribution in [2.24, 2.45) is 0 Å². The molecule has 2 nitrogen and oxygen atoms in total. The Bertz CT molecular complexity index is 1290. The van der Waals surface area contributed by atoms with E-state index in [2.05, 4.69) is 72.8 Å². The highest BCUT2D eigenvalue weighted by atomic mass is 14.5. The lowest BCUT2D eigenvalue weighted by atomic mass is 9.91. The Labute approximate surface area is 188 Å². The monoisotopic (exact) mass is 412 g/mol. The van der Waals surface area contributed by atoms with Gasteiger partial charge in [-0.2, -0.15) is 0 Å². The van der Waals surface area contributed by atoms with E-state index in [1.807, 2.05) is 48.5 Å². The first-order chi connectivity index (χ1) is 15.7. The predicted molar refractivity (Wildman–Crippen MR) is 141 cm³/mol. The number of benzene rings is 5. The van der Waals surface area contributed by atoms with Gasteiger partial charge in [-0.1, -0.05) is 97.1 Å². The van der Waals surface area contributed by atoms with Crippen molar-refractivity contribution < 1.29 is 0 Å². The van der Waals surface area contributed by atoms with Crippen molar-refractivity contribution in [1.82, 2.24) is 0 Å². The summed E-state index contributed by atoms with van der Waals surface area (Å²) < 4.78 is 0. The number of hydrogen-bond acceptors (Lipinski definition) is 2. The molecule has 32 heavy (non-hydrogen) atoms. The fourth-order valence-electron chi connectivity index (χ4n) is 4.13. The molecule has 2 heteroatoms. The van der Waals surface area contributed by atoms with Gasteiger partial charge in [0.05, 0.1) is 0 Å². The molecule has 0 aliphatic rings. The van der Waals surface area contributed by atoms with Gasteiger partial charge in [-0.3, -0.25) is 0 Å². The number of hydrogen-bond donors (Lipinski definition) is 2. The quantitative estimate of drug-likeness (QED) is 0.182. The van der Waals surface area contributed by atoms with Crippen molar-refractivity contribution >= 4 is 57.2 Å². The van der Waals surface area contributed by atoms with Crippen molar-refractivity contribution in [3.8, 4) is 0 Å². The summed E-state index contributed by atoms with van der Waals surface area (Å²) in [4.78, 5) is 0. The van der Waals surface area contributed by atoms with Crippen LogP contribution in [0.4, 0.5) is 11.4 Å². The minimum absolute atomic E-state index is 0.773. The van der Waals surface area contributed by atoms with Gasteiger partial charge in [0.25, 0.3) is 0 Å². The second-order valence-corrected chi connectivity index (χ2v) is 7.92. The van der Waals surface area contributed by atoms with Gasteiger partial charge in [0, 0.05) is 11.4 Å². The van der Waals surface area contributed by atoms with Gasteiger partial charge < -0.3 is 11.5 Å². The smallest absolute Gasteiger partial charge is 0.0314 e. The molecule has 0 heterocycles. The second kappa shape index (κ2) is 8.44. The summed E-state index contributed by atoms with van der Waals surface area (Å²) >= 11 is 0. The maximum absolute atomic E-state index is 5.84. The van der Waals surface area contributed by atoms with Crippen LogP contribution in [-0.2, 0) is 0 Å². The Morgan fingerprint density at radius 1 is 0.375 bits per heavy atom. The van der Waals surface area contributed by atoms with Crippen LogP contribution in [0.1, 0.15) is 22.3 Å². The lowest BCUT2D eigenvalue weighted by molar-refractivity contribution is 1.64. The standard InChI is InChI=1S/C30H24N2/c31-23-15-9-21(10-16-23)13-19-29-25-5-1-2-6-26(25)30(28-8-4-3-7-27(28)29)20-14-22-11-17-24(32)18-12-22/h1-20H,31-32H2. The van der Waals surface area contributed by atoms with E-state index in [9.17, 15) is 0 Å². The first-order valence-electron chi connectivity index (χ1n) is 10.7. The van der Waals surface area contributed by atoms with Crippen LogP contribution >= 0.6 is 0 Å². The molecule has 0 amide bonds. The molecule has 0 bridgehead atoms. The number of nitrogens with two attached hydrogens (primary N) is 2. The van der Waals surface area contributed by atoms with Crippen LogP contribution in [0.25, 0.3) is 45.8 Å². The molecule has 154 valence electrons. The summed E-state index contributed by atoms with van der Waals surface area (Å²) in [6, 6.07) is 33.1. The van der Waals surface area contributed by atoms with Crippen LogP contribution in [0.3, 0.4) is 0 Å². The third kappa shape index (κ3) is 3.86. The van der Waals surface area contributed by atoms with Crippen molar-refractivity contribution in [3.05, 3.63) is 119 Å². The summed E-state index contributed by atoms with van der Waals surface area (Å²) in [6.07, 6.45) is 8.72. The molecule has 4 N–H and O–H groups in total. The van der Waals surface area contributed by atoms with Crippen molar-refractivity contribution in [2.75, 3.05) is 11.5 Å². The topological polar surface area (TPSA) is 52.0 Å². The summed E-state index contributed by atoms with van der Waals surface area (Å²) in [6.45, 7) is 0. The van der Waals surface area contributed by atoms with Crippen LogP contribution in [-0.4, -0.2) is 0 Å². The van der Waals surface area contributed by atoms with Crippen molar-refractivity contribution in [3.63, 3.8) is 0 Å². The highest BCUT2D eigenvalue weighted by molar-refractivity contribution is 6.14. The van der Waals surface area contributed by atoms with E-state index in [0.29, 0.717) is 0 Å². The summed E-state index contributed by atoms with van der Waals surface area (Å²) in [5.41, 5.74) is 17.9. The van der Waals surface area contributed by atoms with Gasteiger partial charge in [0.2, 0.25) is 0 Å². The second-order valence-electron chi connectivity index (χ2n) is 7.92. The number of anilines is 2. The summed E-state index contributed by atoms with van der Waals surface area (Å²) in [5, 5.41) is 4.93. The average Bonchev–Trinajstić information content (AvgIpc) is 2.83. The van der Waals surface area contributed by atoms with Gasteiger partial charge in [-0.05, 0) is 68.1 Å². The summed E-state index contributed by atoms with van der Waals surface area (Å²) in [5.74, 6) is 0. The molecule has 5 aromatic carbocycles. The highest BCUT2D eigenvalue weighted by Crippen LogP contribution is 2.35. The van der Waals surface area contributed by atoms with Crippen LogP contribution in [0.15, 0.2) is 97.1 Å². The van der Waals surface area contributed by atoms with Gasteiger partial charge >= 0.3 is 0 Å². The molecule has 0 radical (unpaired) electrons. The number of fused-ring (bicyclic) bond motifs is 2.